The predicted octanol–water partition coefficient (Wildman–Crippen LogP) is 2.57. The van der Waals surface area contributed by atoms with E-state index in [9.17, 15) is 18.0 Å². The number of likely N-dealkylation sites (N-methyl/N-ethyl adjacent to an activating group) is 1. The Labute approximate surface area is 216 Å². The monoisotopic (exact) mass is 523 g/mol. The Hall–Kier alpha value is -4.05. The number of nitrogens with one attached hydrogen (secondary N) is 1. The maximum absolute atomic E-state index is 13.8. The largest absolute Gasteiger partial charge is 0.454 e. The van der Waals surface area contributed by atoms with E-state index in [-0.39, 0.29) is 31.4 Å². The van der Waals surface area contributed by atoms with Gasteiger partial charge in [0.1, 0.15) is 12.6 Å². The number of sulfonamides is 1. The van der Waals surface area contributed by atoms with Crippen molar-refractivity contribution in [3.63, 3.8) is 0 Å². The Morgan fingerprint density at radius 3 is 2.16 bits per heavy atom. The molecule has 194 valence electrons. The quantitative estimate of drug-likeness (QED) is 0.438. The van der Waals surface area contributed by atoms with E-state index in [0.29, 0.717) is 11.5 Å². The van der Waals surface area contributed by atoms with Crippen molar-refractivity contribution in [1.82, 2.24) is 10.2 Å². The van der Waals surface area contributed by atoms with Gasteiger partial charge in [-0.25, -0.2) is 8.42 Å². The molecule has 0 aromatic heterocycles. The predicted molar refractivity (Wildman–Crippen MR) is 140 cm³/mol. The van der Waals surface area contributed by atoms with Gasteiger partial charge in [-0.1, -0.05) is 60.7 Å². The molecule has 0 radical (unpaired) electrons. The van der Waals surface area contributed by atoms with Crippen molar-refractivity contribution >= 4 is 27.5 Å². The first-order chi connectivity index (χ1) is 17.8. The summed E-state index contributed by atoms with van der Waals surface area (Å²) in [4.78, 5) is 28.4. The van der Waals surface area contributed by atoms with Crippen molar-refractivity contribution in [2.24, 2.45) is 0 Å². The minimum atomic E-state index is -3.86. The second kappa shape index (κ2) is 11.3. The van der Waals surface area contributed by atoms with Gasteiger partial charge in [-0.3, -0.25) is 13.9 Å². The molecule has 0 unspecified atom stereocenters. The van der Waals surface area contributed by atoms with Gasteiger partial charge in [-0.05, 0) is 23.3 Å². The highest BCUT2D eigenvalue weighted by Gasteiger charge is 2.33. The lowest BCUT2D eigenvalue weighted by Crippen LogP contribution is -2.52. The number of benzene rings is 3. The van der Waals surface area contributed by atoms with E-state index in [1.807, 2.05) is 60.7 Å². The molecule has 1 N–H and O–H groups in total. The van der Waals surface area contributed by atoms with Gasteiger partial charge in [0.05, 0.1) is 11.9 Å². The Morgan fingerprint density at radius 1 is 0.919 bits per heavy atom. The van der Waals surface area contributed by atoms with E-state index in [2.05, 4.69) is 5.32 Å². The molecule has 0 saturated heterocycles. The van der Waals surface area contributed by atoms with Crippen molar-refractivity contribution < 1.29 is 27.5 Å². The van der Waals surface area contributed by atoms with Gasteiger partial charge in [0.25, 0.3) is 0 Å². The highest BCUT2D eigenvalue weighted by Crippen LogP contribution is 2.36. The summed E-state index contributed by atoms with van der Waals surface area (Å²) in [6, 6.07) is 22.5. The number of carbonyl (C=O) groups excluding carboxylic acids is 2. The summed E-state index contributed by atoms with van der Waals surface area (Å²) in [6.07, 6.45) is 1.30. The number of rotatable bonds is 10. The van der Waals surface area contributed by atoms with E-state index in [1.54, 1.807) is 12.1 Å². The van der Waals surface area contributed by atoms with Gasteiger partial charge < -0.3 is 19.7 Å². The van der Waals surface area contributed by atoms with Gasteiger partial charge in [-0.2, -0.15) is 0 Å². The summed E-state index contributed by atoms with van der Waals surface area (Å²) >= 11 is 0. The third kappa shape index (κ3) is 6.39. The molecule has 0 spiro atoms. The third-order valence-corrected chi connectivity index (χ3v) is 7.18. The zero-order valence-electron chi connectivity index (χ0n) is 20.7. The summed E-state index contributed by atoms with van der Waals surface area (Å²) in [6.45, 7) is -0.328. The van der Waals surface area contributed by atoms with Crippen LogP contribution in [-0.2, 0) is 32.6 Å². The van der Waals surface area contributed by atoms with E-state index in [1.165, 1.54) is 18.0 Å². The van der Waals surface area contributed by atoms with Crippen LogP contribution in [0, 0.1) is 0 Å². The summed E-state index contributed by atoms with van der Waals surface area (Å²) in [5, 5.41) is 2.65. The first-order valence-electron chi connectivity index (χ1n) is 11.7. The molecule has 37 heavy (non-hydrogen) atoms. The van der Waals surface area contributed by atoms with Crippen molar-refractivity contribution in [2.45, 2.75) is 19.0 Å². The van der Waals surface area contributed by atoms with Crippen LogP contribution in [0.2, 0.25) is 0 Å². The molecule has 10 heteroatoms. The Balaban J connectivity index is 1.69. The van der Waals surface area contributed by atoms with Crippen molar-refractivity contribution in [2.75, 3.05) is 30.9 Å². The Bertz CT molecular complexity index is 1350. The van der Waals surface area contributed by atoms with Gasteiger partial charge in [0.15, 0.2) is 11.5 Å². The number of fused-ring (bicyclic) bond motifs is 1. The minimum Gasteiger partial charge on any atom is -0.454 e. The van der Waals surface area contributed by atoms with E-state index >= 15 is 0 Å². The number of nitrogens with zero attached hydrogens (tertiary/aromatic N) is 2. The molecule has 1 aliphatic heterocycles. The summed E-state index contributed by atoms with van der Waals surface area (Å²) in [5.74, 6) is 0.0300. The van der Waals surface area contributed by atoms with Crippen LogP contribution in [0.1, 0.15) is 11.1 Å². The molecule has 4 rings (SSSR count). The van der Waals surface area contributed by atoms with Gasteiger partial charge >= 0.3 is 0 Å². The highest BCUT2D eigenvalue weighted by molar-refractivity contribution is 7.92. The van der Waals surface area contributed by atoms with E-state index in [4.69, 9.17) is 9.47 Å². The molecular weight excluding hydrogens is 494 g/mol. The lowest BCUT2D eigenvalue weighted by Gasteiger charge is -2.33. The van der Waals surface area contributed by atoms with Crippen molar-refractivity contribution in [1.29, 1.82) is 0 Å². The van der Waals surface area contributed by atoms with Gasteiger partial charge in [-0.15, -0.1) is 0 Å². The normalized spacial score (nSPS) is 13.0. The number of hydrogen-bond donors (Lipinski definition) is 1. The Morgan fingerprint density at radius 2 is 1.54 bits per heavy atom. The standard InChI is InChI=1S/C27H29N3O6S/c1-28-27(32)23(15-20-9-5-3-6-10-20)29(17-21-11-7-4-8-12-21)26(31)18-30(37(2,33)34)22-13-14-24-25(16-22)36-19-35-24/h3-14,16,23H,15,17-19H2,1-2H3,(H,28,32)/t23-/m0/s1. The maximum Gasteiger partial charge on any atom is 0.244 e. The van der Waals surface area contributed by atoms with Crippen molar-refractivity contribution in [3.8, 4) is 11.5 Å². The van der Waals surface area contributed by atoms with Gasteiger partial charge in [0.2, 0.25) is 28.6 Å². The highest BCUT2D eigenvalue weighted by atomic mass is 32.2. The zero-order valence-corrected chi connectivity index (χ0v) is 21.5. The minimum absolute atomic E-state index is 0.0364. The van der Waals surface area contributed by atoms with Gasteiger partial charge in [0, 0.05) is 26.1 Å². The van der Waals surface area contributed by atoms with Crippen LogP contribution in [0.15, 0.2) is 78.9 Å². The lowest BCUT2D eigenvalue weighted by molar-refractivity contribution is -0.139. The topological polar surface area (TPSA) is 105 Å². The van der Waals surface area contributed by atoms with Crippen LogP contribution in [0.5, 0.6) is 11.5 Å². The summed E-state index contributed by atoms with van der Waals surface area (Å²) in [5.41, 5.74) is 1.95. The number of ether oxygens (including phenoxy) is 2. The molecular formula is C27H29N3O6S. The van der Waals surface area contributed by atoms with E-state index < -0.39 is 28.5 Å². The number of anilines is 1. The second-order valence-electron chi connectivity index (χ2n) is 8.63. The summed E-state index contributed by atoms with van der Waals surface area (Å²) < 4.78 is 37.3. The smallest absolute Gasteiger partial charge is 0.244 e. The van der Waals surface area contributed by atoms with Crippen LogP contribution in [0.3, 0.4) is 0 Å². The first-order valence-corrected chi connectivity index (χ1v) is 13.6. The first kappa shape index (κ1) is 26.0. The van der Waals surface area contributed by atoms with Crippen LogP contribution in [0.4, 0.5) is 5.69 Å². The number of hydrogen-bond acceptors (Lipinski definition) is 6. The zero-order chi connectivity index (χ0) is 26.4. The molecule has 3 aromatic rings. The lowest BCUT2D eigenvalue weighted by atomic mass is 10.0. The fraction of sp³-hybridized carbons (Fsp3) is 0.259. The molecule has 3 aromatic carbocycles. The molecule has 2 amide bonds. The van der Waals surface area contributed by atoms with Crippen LogP contribution < -0.4 is 19.1 Å². The van der Waals surface area contributed by atoms with Crippen LogP contribution >= 0.6 is 0 Å². The maximum atomic E-state index is 13.8. The fourth-order valence-corrected chi connectivity index (χ4v) is 5.00. The molecule has 9 nitrogen and oxygen atoms in total. The van der Waals surface area contributed by atoms with Crippen LogP contribution in [0.25, 0.3) is 0 Å². The SMILES string of the molecule is CNC(=O)[C@H](Cc1ccccc1)N(Cc1ccccc1)C(=O)CN(c1ccc2c(c1)OCO2)S(C)(=O)=O. The molecule has 0 aliphatic carbocycles. The van der Waals surface area contributed by atoms with Crippen molar-refractivity contribution in [3.05, 3.63) is 90.0 Å². The molecule has 0 saturated carbocycles. The summed E-state index contributed by atoms with van der Waals surface area (Å²) in [7, 11) is -2.34. The molecule has 1 heterocycles. The fourth-order valence-electron chi connectivity index (χ4n) is 4.15. The number of amides is 2. The Kier molecular flexibility index (Phi) is 7.98. The van der Waals surface area contributed by atoms with E-state index in [0.717, 1.165) is 21.7 Å². The number of carbonyl (C=O) groups is 2. The molecule has 1 atom stereocenters. The average Bonchev–Trinajstić information content (AvgIpc) is 3.37. The molecule has 0 fully saturated rings. The molecule has 1 aliphatic rings. The molecule has 0 bridgehead atoms. The average molecular weight is 524 g/mol. The second-order valence-corrected chi connectivity index (χ2v) is 10.5. The van der Waals surface area contributed by atoms with Crippen LogP contribution in [-0.4, -0.2) is 57.8 Å². The third-order valence-electron chi connectivity index (χ3n) is 6.04.